The third-order valence-electron chi connectivity index (χ3n) is 4.48. The predicted octanol–water partition coefficient (Wildman–Crippen LogP) is 5.42. The van der Waals surface area contributed by atoms with Gasteiger partial charge in [-0.15, -0.1) is 0 Å². The van der Waals surface area contributed by atoms with E-state index < -0.39 is 5.91 Å². The molecule has 0 aromatic heterocycles. The minimum Gasteiger partial charge on any atom is -0.343 e. The molecular weight excluding hydrogens is 449 g/mol. The molecule has 6 heteroatoms. The Kier molecular flexibility index (Phi) is 13.2. The van der Waals surface area contributed by atoms with Crippen molar-refractivity contribution in [3.05, 3.63) is 83.6 Å². The molecule has 0 fully saturated rings. The SMILES string of the molecule is [CH2-]CCCC(Cc1cc(C)c(F)c(C)c1)C(=O)NO.[CH2-]c1ccc(F)c(C)c1.[Y]. The average Bonchev–Trinajstić information content (AvgIpc) is 2.66. The van der Waals surface area contributed by atoms with Crippen molar-refractivity contribution in [3.63, 3.8) is 0 Å². The molecule has 2 N–H and O–H groups in total. The van der Waals surface area contributed by atoms with Crippen LogP contribution in [-0.4, -0.2) is 11.1 Å². The van der Waals surface area contributed by atoms with E-state index in [4.69, 9.17) is 5.21 Å². The molecule has 0 spiro atoms. The number of hydrogen-bond donors (Lipinski definition) is 2. The van der Waals surface area contributed by atoms with Crippen LogP contribution >= 0.6 is 0 Å². The van der Waals surface area contributed by atoms with E-state index in [2.05, 4.69) is 13.8 Å². The molecule has 2 aromatic carbocycles. The smallest absolute Gasteiger partial charge is 0.246 e. The van der Waals surface area contributed by atoms with Crippen LogP contribution < -0.4 is 5.48 Å². The fraction of sp³-hybridized carbons (Fsp3) is 0.348. The number of rotatable bonds is 6. The van der Waals surface area contributed by atoms with E-state index in [-0.39, 0.29) is 50.3 Å². The molecule has 157 valence electrons. The number of aryl methyl sites for hydroxylation is 3. The van der Waals surface area contributed by atoms with E-state index in [1.54, 1.807) is 50.5 Å². The Balaban J connectivity index is 0.000000658. The molecule has 1 unspecified atom stereocenters. The van der Waals surface area contributed by atoms with Gasteiger partial charge in [0.15, 0.2) is 0 Å². The Hall–Kier alpha value is -1.30. The minimum absolute atomic E-state index is 0. The topological polar surface area (TPSA) is 49.3 Å². The van der Waals surface area contributed by atoms with Crippen LogP contribution in [0.2, 0.25) is 0 Å². The number of carbonyl (C=O) groups excluding carboxylic acids is 1. The van der Waals surface area contributed by atoms with E-state index in [1.165, 1.54) is 6.07 Å². The van der Waals surface area contributed by atoms with Gasteiger partial charge < -0.3 is 6.92 Å². The largest absolute Gasteiger partial charge is 0.343 e. The minimum atomic E-state index is -0.395. The summed E-state index contributed by atoms with van der Waals surface area (Å²) in [5.41, 5.74) is 5.28. The van der Waals surface area contributed by atoms with E-state index in [0.29, 0.717) is 29.5 Å². The number of unbranched alkanes of at least 4 members (excludes halogenated alkanes) is 1. The second kappa shape index (κ2) is 13.8. The number of hydrogen-bond acceptors (Lipinski definition) is 2. The van der Waals surface area contributed by atoms with Gasteiger partial charge in [-0.1, -0.05) is 30.2 Å². The summed E-state index contributed by atoms with van der Waals surface area (Å²) in [6.07, 6.45) is 2.72. The maximum absolute atomic E-state index is 13.5. The standard InChI is InChI=1S/C15H21FNO2.C8H8F.Y/c1-4-5-6-13(15(18)17-19)9-12-7-10(2)14(16)11(3)8-12;1-6-3-4-8(9)7(2)5-6;/h7-8,13,19H,1,4-6,9H2,2-3H3,(H,17,18);3-5H,1H2,2H3;/q2*-1;. The second-order valence-corrected chi connectivity index (χ2v) is 7.00. The third-order valence-corrected chi connectivity index (χ3v) is 4.48. The Morgan fingerprint density at radius 2 is 1.69 bits per heavy atom. The molecule has 29 heavy (non-hydrogen) atoms. The Morgan fingerprint density at radius 3 is 2.14 bits per heavy atom. The summed E-state index contributed by atoms with van der Waals surface area (Å²) in [5.74, 6) is -1.07. The van der Waals surface area contributed by atoms with Crippen LogP contribution in [0.25, 0.3) is 0 Å². The zero-order valence-corrected chi connectivity index (χ0v) is 20.2. The first kappa shape index (κ1) is 27.7. The quantitative estimate of drug-likeness (QED) is 0.331. The molecule has 1 radical (unpaired) electrons. The molecular formula is C23H29F2NO2Y-2. The van der Waals surface area contributed by atoms with Gasteiger partial charge in [-0.2, -0.15) is 31.0 Å². The number of benzene rings is 2. The fourth-order valence-corrected chi connectivity index (χ4v) is 2.95. The maximum Gasteiger partial charge on any atom is 0.246 e. The second-order valence-electron chi connectivity index (χ2n) is 7.00. The van der Waals surface area contributed by atoms with Crippen LogP contribution in [0.1, 0.15) is 47.1 Å². The van der Waals surface area contributed by atoms with Crippen LogP contribution in [0.4, 0.5) is 8.78 Å². The van der Waals surface area contributed by atoms with Gasteiger partial charge in [0.2, 0.25) is 5.91 Å². The van der Waals surface area contributed by atoms with Gasteiger partial charge in [0.25, 0.3) is 0 Å². The molecule has 0 aliphatic heterocycles. The van der Waals surface area contributed by atoms with Gasteiger partial charge in [-0.3, -0.25) is 10.0 Å². The van der Waals surface area contributed by atoms with Crippen LogP contribution in [0.5, 0.6) is 0 Å². The molecule has 0 saturated carbocycles. The van der Waals surface area contributed by atoms with Gasteiger partial charge in [-0.05, 0) is 50.3 Å². The number of halogens is 2. The summed E-state index contributed by atoms with van der Waals surface area (Å²) in [6, 6.07) is 8.31. The predicted molar refractivity (Wildman–Crippen MR) is 108 cm³/mol. The van der Waals surface area contributed by atoms with Crippen molar-refractivity contribution in [2.24, 2.45) is 5.92 Å². The number of carbonyl (C=O) groups is 1. The zero-order valence-electron chi connectivity index (χ0n) is 17.4. The first-order valence-corrected chi connectivity index (χ1v) is 9.26. The Morgan fingerprint density at radius 1 is 1.10 bits per heavy atom. The van der Waals surface area contributed by atoms with Crippen molar-refractivity contribution < 1.29 is 51.5 Å². The number of hydroxylamine groups is 1. The monoisotopic (exact) mass is 478 g/mol. The van der Waals surface area contributed by atoms with Crippen molar-refractivity contribution in [2.45, 2.75) is 46.5 Å². The summed E-state index contributed by atoms with van der Waals surface area (Å²) < 4.78 is 26.0. The van der Waals surface area contributed by atoms with Crippen molar-refractivity contribution in [3.8, 4) is 0 Å². The van der Waals surface area contributed by atoms with Gasteiger partial charge in [-0.25, -0.2) is 14.3 Å². The molecule has 0 heterocycles. The molecule has 0 saturated heterocycles. The number of amides is 1. The summed E-state index contributed by atoms with van der Waals surface area (Å²) >= 11 is 0. The van der Waals surface area contributed by atoms with Crippen LogP contribution in [0.3, 0.4) is 0 Å². The first-order chi connectivity index (χ1) is 13.2. The van der Waals surface area contributed by atoms with E-state index in [0.717, 1.165) is 24.0 Å². The van der Waals surface area contributed by atoms with Crippen molar-refractivity contribution in [1.82, 2.24) is 5.48 Å². The normalized spacial score (nSPS) is 11.0. The molecule has 2 aromatic rings. The molecule has 3 nitrogen and oxygen atoms in total. The third kappa shape index (κ3) is 9.37. The molecule has 0 aliphatic carbocycles. The Bertz CT molecular complexity index is 773. The molecule has 1 amide bonds. The van der Waals surface area contributed by atoms with E-state index in [9.17, 15) is 13.6 Å². The van der Waals surface area contributed by atoms with E-state index >= 15 is 0 Å². The molecule has 1 atom stereocenters. The van der Waals surface area contributed by atoms with Crippen molar-refractivity contribution in [1.29, 1.82) is 0 Å². The van der Waals surface area contributed by atoms with Gasteiger partial charge >= 0.3 is 0 Å². The summed E-state index contributed by atoms with van der Waals surface area (Å²) in [7, 11) is 0. The summed E-state index contributed by atoms with van der Waals surface area (Å²) in [6.45, 7) is 12.6. The van der Waals surface area contributed by atoms with Crippen LogP contribution in [-0.2, 0) is 43.9 Å². The van der Waals surface area contributed by atoms with Crippen molar-refractivity contribution >= 4 is 5.91 Å². The average molecular weight is 478 g/mol. The Labute approximate surface area is 198 Å². The first-order valence-electron chi connectivity index (χ1n) is 9.26. The molecule has 2 rings (SSSR count). The summed E-state index contributed by atoms with van der Waals surface area (Å²) in [4.78, 5) is 11.6. The van der Waals surface area contributed by atoms with Gasteiger partial charge in [0, 0.05) is 38.6 Å². The van der Waals surface area contributed by atoms with E-state index in [1.807, 2.05) is 0 Å². The van der Waals surface area contributed by atoms with Gasteiger partial charge in [0.1, 0.15) is 11.6 Å². The molecule has 0 aliphatic rings. The van der Waals surface area contributed by atoms with Crippen LogP contribution in [0, 0.1) is 52.2 Å². The maximum atomic E-state index is 13.5. The zero-order chi connectivity index (χ0) is 21.3. The number of nitrogens with one attached hydrogen (secondary N) is 1. The van der Waals surface area contributed by atoms with Gasteiger partial charge in [0.05, 0.1) is 0 Å². The summed E-state index contributed by atoms with van der Waals surface area (Å²) in [5, 5.41) is 8.76. The molecule has 0 bridgehead atoms. The fourth-order valence-electron chi connectivity index (χ4n) is 2.95. The van der Waals surface area contributed by atoms with Crippen LogP contribution in [0.15, 0.2) is 30.3 Å². The van der Waals surface area contributed by atoms with Crippen molar-refractivity contribution in [2.75, 3.05) is 0 Å².